The molecule has 4 atom stereocenters. The van der Waals surface area contributed by atoms with E-state index < -0.39 is 0 Å². The molecule has 0 radical (unpaired) electrons. The molecule has 3 heteroatoms. The van der Waals surface area contributed by atoms with Crippen LogP contribution >= 0.6 is 0 Å². The van der Waals surface area contributed by atoms with Crippen molar-refractivity contribution in [2.45, 2.75) is 94.0 Å². The van der Waals surface area contributed by atoms with Crippen LogP contribution in [0, 0.1) is 17.3 Å². The van der Waals surface area contributed by atoms with Crippen LogP contribution in [0.25, 0.3) is 0 Å². The Balaban J connectivity index is 0.000000385. The van der Waals surface area contributed by atoms with Crippen molar-refractivity contribution in [3.05, 3.63) is 0 Å². The molecular weight excluding hydrogens is 272 g/mol. The Labute approximate surface area is 139 Å². The van der Waals surface area contributed by atoms with E-state index in [0.29, 0.717) is 35.6 Å². The van der Waals surface area contributed by atoms with Gasteiger partial charge in [-0.05, 0) is 33.6 Å². The highest BCUT2D eigenvalue weighted by Gasteiger charge is 2.49. The maximum Gasteiger partial charge on any atom is 0.102 e. The average Bonchev–Trinajstić information content (AvgIpc) is 2.66. The lowest BCUT2D eigenvalue weighted by Gasteiger charge is -2.54. The number of hydrogen-bond donors (Lipinski definition) is 0. The third-order valence-electron chi connectivity index (χ3n) is 5.93. The van der Waals surface area contributed by atoms with Gasteiger partial charge in [0.1, 0.15) is 5.84 Å². The van der Waals surface area contributed by atoms with Crippen molar-refractivity contribution >= 4 is 5.84 Å². The first-order valence-corrected chi connectivity index (χ1v) is 8.49. The van der Waals surface area contributed by atoms with Crippen LogP contribution in [0.2, 0.25) is 0 Å². The summed E-state index contributed by atoms with van der Waals surface area (Å²) < 4.78 is 5.52. The smallest absolute Gasteiger partial charge is 0.102 e. The molecule has 0 aromatic heterocycles. The zero-order valence-electron chi connectivity index (χ0n) is 15.8. The van der Waals surface area contributed by atoms with E-state index in [1.807, 2.05) is 0 Å². The Hall–Kier alpha value is -0.570. The van der Waals surface area contributed by atoms with E-state index in [-0.39, 0.29) is 7.43 Å². The number of nitrogens with zero attached hydrogens (tertiary/aromatic N) is 2. The molecule has 2 rings (SSSR count). The number of amidine groups is 1. The van der Waals surface area contributed by atoms with Crippen molar-refractivity contribution in [2.24, 2.45) is 22.2 Å². The molecule has 2 heterocycles. The number of ether oxygens (including phenoxy) is 1. The van der Waals surface area contributed by atoms with Crippen LogP contribution in [-0.2, 0) is 4.74 Å². The van der Waals surface area contributed by atoms with Crippen LogP contribution in [0.1, 0.15) is 69.7 Å². The largest absolute Gasteiger partial charge is 0.374 e. The highest BCUT2D eigenvalue weighted by Crippen LogP contribution is 2.46. The van der Waals surface area contributed by atoms with Crippen molar-refractivity contribution in [2.75, 3.05) is 7.05 Å². The normalized spacial score (nSPS) is 37.3. The summed E-state index contributed by atoms with van der Waals surface area (Å²) in [6.07, 6.45) is 0.894. The third kappa shape index (κ3) is 3.84. The van der Waals surface area contributed by atoms with Gasteiger partial charge in [-0.2, -0.15) is 0 Å². The standard InChI is InChI=1S/C9H18N2.C9H18O.CH4/c1-6(2)9-10-7(3)8(4)11(9)5;1-6(2)9(5)7(3)10-8(9)4;/h6-8H,1-5H3;6-8H,1-5H3;1H4. The lowest BCUT2D eigenvalue weighted by molar-refractivity contribution is -0.244. The Kier molecular flexibility index (Phi) is 7.61. The van der Waals surface area contributed by atoms with E-state index in [2.05, 4.69) is 79.3 Å². The molecule has 0 aliphatic carbocycles. The molecule has 132 valence electrons. The highest BCUT2D eigenvalue weighted by atomic mass is 16.5. The third-order valence-corrected chi connectivity index (χ3v) is 5.93. The summed E-state index contributed by atoms with van der Waals surface area (Å²) in [5, 5.41) is 0. The maximum absolute atomic E-state index is 5.52. The van der Waals surface area contributed by atoms with E-state index in [4.69, 9.17) is 4.74 Å². The molecule has 2 aliphatic heterocycles. The van der Waals surface area contributed by atoms with Crippen molar-refractivity contribution in [1.82, 2.24) is 4.90 Å². The minimum atomic E-state index is 0. The van der Waals surface area contributed by atoms with Gasteiger partial charge >= 0.3 is 0 Å². The summed E-state index contributed by atoms with van der Waals surface area (Å²) in [4.78, 5) is 6.88. The van der Waals surface area contributed by atoms with E-state index in [1.54, 1.807) is 0 Å². The van der Waals surface area contributed by atoms with E-state index >= 15 is 0 Å². The fraction of sp³-hybridized carbons (Fsp3) is 0.947. The molecule has 22 heavy (non-hydrogen) atoms. The second-order valence-corrected chi connectivity index (χ2v) is 7.68. The SMILES string of the molecule is C.CC(C)C1(C)C(C)OC1C.CC(C)C1=NC(C)C(C)N1C. The first-order chi connectivity index (χ1) is 9.53. The first-order valence-electron chi connectivity index (χ1n) is 8.49. The summed E-state index contributed by atoms with van der Waals surface area (Å²) in [5.41, 5.74) is 0.417. The van der Waals surface area contributed by atoms with Crippen molar-refractivity contribution in [1.29, 1.82) is 0 Å². The van der Waals surface area contributed by atoms with Gasteiger partial charge in [0, 0.05) is 24.4 Å². The summed E-state index contributed by atoms with van der Waals surface area (Å²) in [7, 11) is 2.13. The fourth-order valence-corrected chi connectivity index (χ4v) is 3.29. The number of aliphatic imine (C=N–C) groups is 1. The van der Waals surface area contributed by atoms with Crippen molar-refractivity contribution in [3.8, 4) is 0 Å². The maximum atomic E-state index is 5.52. The molecule has 0 aromatic rings. The second kappa shape index (κ2) is 7.81. The second-order valence-electron chi connectivity index (χ2n) is 7.68. The Morgan fingerprint density at radius 1 is 1.05 bits per heavy atom. The van der Waals surface area contributed by atoms with E-state index in [0.717, 1.165) is 5.92 Å². The number of rotatable bonds is 2. The van der Waals surface area contributed by atoms with Crippen molar-refractivity contribution in [3.63, 3.8) is 0 Å². The molecule has 4 unspecified atom stereocenters. The van der Waals surface area contributed by atoms with Gasteiger partial charge in [0.2, 0.25) is 0 Å². The molecule has 0 spiro atoms. The predicted octanol–water partition coefficient (Wildman–Crippen LogP) is 4.86. The fourth-order valence-electron chi connectivity index (χ4n) is 3.29. The molecule has 1 saturated heterocycles. The molecule has 0 saturated carbocycles. The molecule has 0 N–H and O–H groups in total. The lowest BCUT2D eigenvalue weighted by atomic mass is 9.67. The zero-order chi connectivity index (χ0) is 16.5. The van der Waals surface area contributed by atoms with E-state index in [9.17, 15) is 0 Å². The first kappa shape index (κ1) is 21.4. The quantitative estimate of drug-likeness (QED) is 0.727. The van der Waals surface area contributed by atoms with Gasteiger partial charge in [-0.1, -0.05) is 42.0 Å². The lowest BCUT2D eigenvalue weighted by Crippen LogP contribution is -2.57. The summed E-state index contributed by atoms with van der Waals surface area (Å²) >= 11 is 0. The summed E-state index contributed by atoms with van der Waals surface area (Å²) in [5.74, 6) is 2.55. The molecule has 0 bridgehead atoms. The number of hydrogen-bond acceptors (Lipinski definition) is 3. The summed E-state index contributed by atoms with van der Waals surface area (Å²) in [6.45, 7) is 20.0. The minimum Gasteiger partial charge on any atom is -0.374 e. The van der Waals surface area contributed by atoms with Crippen LogP contribution in [0.5, 0.6) is 0 Å². The van der Waals surface area contributed by atoms with Crippen LogP contribution in [0.15, 0.2) is 4.99 Å². The zero-order valence-corrected chi connectivity index (χ0v) is 15.8. The molecular formula is C19H40N2O. The monoisotopic (exact) mass is 312 g/mol. The molecule has 0 aromatic carbocycles. The van der Waals surface area contributed by atoms with E-state index in [1.165, 1.54) is 5.84 Å². The van der Waals surface area contributed by atoms with Gasteiger partial charge in [-0.3, -0.25) is 4.99 Å². The van der Waals surface area contributed by atoms with Gasteiger partial charge < -0.3 is 9.64 Å². The topological polar surface area (TPSA) is 24.8 Å². The van der Waals surface area contributed by atoms with Gasteiger partial charge in [-0.15, -0.1) is 0 Å². The Morgan fingerprint density at radius 2 is 1.50 bits per heavy atom. The van der Waals surface area contributed by atoms with Crippen LogP contribution in [-0.4, -0.2) is 42.1 Å². The average molecular weight is 313 g/mol. The van der Waals surface area contributed by atoms with Crippen LogP contribution in [0.4, 0.5) is 0 Å². The van der Waals surface area contributed by atoms with Gasteiger partial charge in [0.05, 0.1) is 18.2 Å². The predicted molar refractivity (Wildman–Crippen MR) is 98.6 cm³/mol. The molecule has 2 aliphatic rings. The van der Waals surface area contributed by atoms with Gasteiger partial charge in [0.25, 0.3) is 0 Å². The minimum absolute atomic E-state index is 0. The molecule has 0 amide bonds. The van der Waals surface area contributed by atoms with Crippen LogP contribution in [0.3, 0.4) is 0 Å². The Morgan fingerprint density at radius 3 is 1.64 bits per heavy atom. The highest BCUT2D eigenvalue weighted by molar-refractivity contribution is 5.86. The van der Waals surface area contributed by atoms with Crippen molar-refractivity contribution < 1.29 is 4.74 Å². The molecule has 1 fully saturated rings. The van der Waals surface area contributed by atoms with Gasteiger partial charge in [-0.25, -0.2) is 0 Å². The number of likely N-dealkylation sites (N-methyl/N-ethyl adjacent to an activating group) is 1. The van der Waals surface area contributed by atoms with Gasteiger partial charge in [0.15, 0.2) is 0 Å². The Bertz CT molecular complexity index is 358. The summed E-state index contributed by atoms with van der Waals surface area (Å²) in [6, 6.07) is 1.05. The molecule has 3 nitrogen and oxygen atoms in total. The van der Waals surface area contributed by atoms with Crippen LogP contribution < -0.4 is 0 Å².